The second-order valence-corrected chi connectivity index (χ2v) is 5.10. The SMILES string of the molecule is CSCC(=O)Cc1cc(Cl)cc2c1OCC2. The Kier molecular flexibility index (Phi) is 3.77. The van der Waals surface area contributed by atoms with Crippen molar-refractivity contribution < 1.29 is 9.53 Å². The molecular weight excluding hydrogens is 244 g/mol. The Bertz CT molecular complexity index is 418. The van der Waals surface area contributed by atoms with Crippen LogP contribution in [0.4, 0.5) is 0 Å². The average Bonchev–Trinajstić information content (AvgIpc) is 2.65. The van der Waals surface area contributed by atoms with Gasteiger partial charge in [-0.25, -0.2) is 0 Å². The van der Waals surface area contributed by atoms with Crippen molar-refractivity contribution in [3.63, 3.8) is 0 Å². The van der Waals surface area contributed by atoms with E-state index >= 15 is 0 Å². The van der Waals surface area contributed by atoms with Crippen LogP contribution >= 0.6 is 23.4 Å². The highest BCUT2D eigenvalue weighted by Gasteiger charge is 2.18. The fraction of sp³-hybridized carbons (Fsp3) is 0.417. The lowest BCUT2D eigenvalue weighted by Gasteiger charge is -2.07. The second-order valence-electron chi connectivity index (χ2n) is 3.80. The molecule has 0 fully saturated rings. The van der Waals surface area contributed by atoms with Crippen LogP contribution in [0.5, 0.6) is 5.75 Å². The first-order valence-corrected chi connectivity index (χ1v) is 6.92. The number of ketones is 1. The van der Waals surface area contributed by atoms with Gasteiger partial charge in [0.15, 0.2) is 0 Å². The van der Waals surface area contributed by atoms with Crippen LogP contribution in [0.1, 0.15) is 11.1 Å². The van der Waals surface area contributed by atoms with E-state index in [4.69, 9.17) is 16.3 Å². The third kappa shape index (κ3) is 2.53. The highest BCUT2D eigenvalue weighted by molar-refractivity contribution is 7.99. The molecular formula is C12H13ClO2S. The van der Waals surface area contributed by atoms with Crippen LogP contribution in [0.3, 0.4) is 0 Å². The Labute approximate surface area is 104 Å². The van der Waals surface area contributed by atoms with Crippen molar-refractivity contribution >= 4 is 29.1 Å². The molecule has 0 aromatic heterocycles. The molecule has 0 bridgehead atoms. The average molecular weight is 257 g/mol. The molecule has 0 N–H and O–H groups in total. The first-order valence-electron chi connectivity index (χ1n) is 5.15. The van der Waals surface area contributed by atoms with Gasteiger partial charge in [0, 0.05) is 23.4 Å². The first-order chi connectivity index (χ1) is 7.70. The van der Waals surface area contributed by atoms with E-state index in [0.717, 1.165) is 23.3 Å². The summed E-state index contributed by atoms with van der Waals surface area (Å²) in [6.45, 7) is 0.694. The molecule has 4 heteroatoms. The fourth-order valence-electron chi connectivity index (χ4n) is 1.90. The summed E-state index contributed by atoms with van der Waals surface area (Å²) in [5.41, 5.74) is 2.05. The van der Waals surface area contributed by atoms with Crippen molar-refractivity contribution in [3.8, 4) is 5.75 Å². The van der Waals surface area contributed by atoms with Crippen LogP contribution in [0.25, 0.3) is 0 Å². The number of ether oxygens (including phenoxy) is 1. The Morgan fingerprint density at radius 2 is 2.38 bits per heavy atom. The molecule has 0 aliphatic carbocycles. The van der Waals surface area contributed by atoms with Gasteiger partial charge >= 0.3 is 0 Å². The summed E-state index contributed by atoms with van der Waals surface area (Å²) >= 11 is 7.56. The zero-order valence-electron chi connectivity index (χ0n) is 9.09. The third-order valence-corrected chi connectivity index (χ3v) is 3.35. The third-order valence-electron chi connectivity index (χ3n) is 2.52. The quantitative estimate of drug-likeness (QED) is 0.829. The Morgan fingerprint density at radius 1 is 1.56 bits per heavy atom. The minimum Gasteiger partial charge on any atom is -0.493 e. The lowest BCUT2D eigenvalue weighted by Crippen LogP contribution is -2.06. The summed E-state index contributed by atoms with van der Waals surface area (Å²) in [5, 5.41) is 0.691. The lowest BCUT2D eigenvalue weighted by molar-refractivity contribution is -0.116. The highest BCUT2D eigenvalue weighted by Crippen LogP contribution is 2.33. The van der Waals surface area contributed by atoms with Crippen molar-refractivity contribution in [2.75, 3.05) is 18.6 Å². The predicted molar refractivity (Wildman–Crippen MR) is 67.7 cm³/mol. The molecule has 0 unspecified atom stereocenters. The highest BCUT2D eigenvalue weighted by atomic mass is 35.5. The molecule has 0 saturated carbocycles. The van der Waals surface area contributed by atoms with E-state index in [9.17, 15) is 4.79 Å². The number of fused-ring (bicyclic) bond motifs is 1. The van der Waals surface area contributed by atoms with Gasteiger partial charge in [-0.1, -0.05) is 11.6 Å². The Balaban J connectivity index is 2.23. The van der Waals surface area contributed by atoms with Crippen molar-refractivity contribution in [1.29, 1.82) is 0 Å². The van der Waals surface area contributed by atoms with Gasteiger partial charge in [0.2, 0.25) is 0 Å². The monoisotopic (exact) mass is 256 g/mol. The van der Waals surface area contributed by atoms with Crippen LogP contribution in [0.15, 0.2) is 12.1 Å². The molecule has 16 heavy (non-hydrogen) atoms. The summed E-state index contributed by atoms with van der Waals surface area (Å²) in [6, 6.07) is 3.76. The number of carbonyl (C=O) groups is 1. The van der Waals surface area contributed by atoms with Crippen LogP contribution < -0.4 is 4.74 Å². The Hall–Kier alpha value is -0.670. The number of Topliss-reactive ketones (excluding diaryl/α,β-unsaturated/α-hetero) is 1. The van der Waals surface area contributed by atoms with Crippen LogP contribution in [-0.4, -0.2) is 24.4 Å². The zero-order valence-corrected chi connectivity index (χ0v) is 10.7. The molecule has 1 aromatic rings. The zero-order chi connectivity index (χ0) is 11.5. The van der Waals surface area contributed by atoms with E-state index in [-0.39, 0.29) is 5.78 Å². The maximum absolute atomic E-state index is 11.6. The minimum atomic E-state index is 0.215. The Morgan fingerprint density at radius 3 is 3.12 bits per heavy atom. The molecule has 0 atom stereocenters. The summed E-state index contributed by atoms with van der Waals surface area (Å²) in [5.74, 6) is 1.63. The predicted octanol–water partition coefficient (Wildman–Crippen LogP) is 2.75. The summed E-state index contributed by atoms with van der Waals surface area (Å²) < 4.78 is 5.55. The molecule has 86 valence electrons. The van der Waals surface area contributed by atoms with Crippen molar-refractivity contribution in [3.05, 3.63) is 28.3 Å². The van der Waals surface area contributed by atoms with Gasteiger partial charge in [0.1, 0.15) is 11.5 Å². The summed E-state index contributed by atoms with van der Waals surface area (Å²) in [7, 11) is 0. The fourth-order valence-corrected chi connectivity index (χ4v) is 2.59. The summed E-state index contributed by atoms with van der Waals surface area (Å²) in [4.78, 5) is 11.6. The largest absolute Gasteiger partial charge is 0.493 e. The molecule has 0 amide bonds. The molecule has 2 rings (SSSR count). The number of benzene rings is 1. The van der Waals surface area contributed by atoms with Crippen LogP contribution in [0, 0.1) is 0 Å². The molecule has 1 aliphatic heterocycles. The van der Waals surface area contributed by atoms with Gasteiger partial charge in [-0.15, -0.1) is 0 Å². The van der Waals surface area contributed by atoms with Crippen LogP contribution in [-0.2, 0) is 17.6 Å². The number of rotatable bonds is 4. The molecule has 0 saturated heterocycles. The number of halogens is 1. The maximum Gasteiger partial charge on any atom is 0.147 e. The molecule has 1 heterocycles. The van der Waals surface area contributed by atoms with Gasteiger partial charge in [0.25, 0.3) is 0 Å². The van der Waals surface area contributed by atoms with E-state index in [1.54, 1.807) is 11.8 Å². The van der Waals surface area contributed by atoms with Crippen molar-refractivity contribution in [2.24, 2.45) is 0 Å². The molecule has 2 nitrogen and oxygen atoms in total. The first kappa shape index (κ1) is 11.8. The maximum atomic E-state index is 11.6. The smallest absolute Gasteiger partial charge is 0.147 e. The minimum absolute atomic E-state index is 0.215. The topological polar surface area (TPSA) is 26.3 Å². The van der Waals surface area contributed by atoms with E-state index in [0.29, 0.717) is 23.8 Å². The van der Waals surface area contributed by atoms with Crippen molar-refractivity contribution in [2.45, 2.75) is 12.8 Å². The number of carbonyl (C=O) groups excluding carboxylic acids is 1. The van der Waals surface area contributed by atoms with E-state index in [1.165, 1.54) is 0 Å². The second kappa shape index (κ2) is 5.11. The molecule has 0 radical (unpaired) electrons. The molecule has 1 aliphatic rings. The number of thioether (sulfide) groups is 1. The lowest BCUT2D eigenvalue weighted by atomic mass is 10.0. The van der Waals surface area contributed by atoms with Gasteiger partial charge in [-0.2, -0.15) is 11.8 Å². The molecule has 0 spiro atoms. The van der Waals surface area contributed by atoms with Gasteiger partial charge < -0.3 is 4.74 Å². The van der Waals surface area contributed by atoms with E-state index in [2.05, 4.69) is 0 Å². The van der Waals surface area contributed by atoms with Gasteiger partial charge in [-0.3, -0.25) is 4.79 Å². The standard InChI is InChI=1S/C12H13ClO2S/c1-16-7-11(14)6-9-5-10(13)4-8-2-3-15-12(8)9/h4-5H,2-3,6-7H2,1H3. The van der Waals surface area contributed by atoms with Crippen LogP contribution in [0.2, 0.25) is 5.02 Å². The van der Waals surface area contributed by atoms with E-state index in [1.807, 2.05) is 18.4 Å². The van der Waals surface area contributed by atoms with E-state index < -0.39 is 0 Å². The van der Waals surface area contributed by atoms with Crippen molar-refractivity contribution in [1.82, 2.24) is 0 Å². The van der Waals surface area contributed by atoms with Gasteiger partial charge in [0.05, 0.1) is 12.4 Å². The summed E-state index contributed by atoms with van der Waals surface area (Å²) in [6.07, 6.45) is 3.24. The normalized spacial score (nSPS) is 13.4. The van der Waals surface area contributed by atoms with Gasteiger partial charge in [-0.05, 0) is 24.0 Å². The number of hydrogen-bond acceptors (Lipinski definition) is 3. The number of hydrogen-bond donors (Lipinski definition) is 0. The molecule has 1 aromatic carbocycles.